The van der Waals surface area contributed by atoms with Crippen LogP contribution in [-0.2, 0) is 15.9 Å². The van der Waals surface area contributed by atoms with Crippen molar-refractivity contribution < 1.29 is 19.1 Å². The molecule has 0 N–H and O–H groups in total. The van der Waals surface area contributed by atoms with E-state index in [1.54, 1.807) is 12.1 Å². The summed E-state index contributed by atoms with van der Waals surface area (Å²) in [4.78, 5) is 24.7. The number of halogens is 1. The highest BCUT2D eigenvalue weighted by Crippen LogP contribution is 2.24. The molecular formula is C18H25BrO4. The molecule has 23 heavy (non-hydrogen) atoms. The average Bonchev–Trinajstić information content (AvgIpc) is 2.49. The summed E-state index contributed by atoms with van der Waals surface area (Å²) in [6, 6.07) is 3.35. The molecule has 0 unspecified atom stereocenters. The zero-order valence-corrected chi connectivity index (χ0v) is 16.0. The smallest absolute Gasteiger partial charge is 0.339 e. The number of carbonyl (C=O) groups is 2. The number of hydrogen-bond donors (Lipinski definition) is 0. The molecular weight excluding hydrogens is 360 g/mol. The molecule has 0 saturated carbocycles. The molecule has 0 bridgehead atoms. The molecule has 0 saturated heterocycles. The molecule has 0 amide bonds. The van der Waals surface area contributed by atoms with Crippen molar-refractivity contribution in [2.75, 3.05) is 13.2 Å². The Labute approximate surface area is 146 Å². The van der Waals surface area contributed by atoms with E-state index in [9.17, 15) is 9.59 Å². The average molecular weight is 385 g/mol. The van der Waals surface area contributed by atoms with Crippen LogP contribution in [0.15, 0.2) is 16.6 Å². The maximum Gasteiger partial charge on any atom is 0.339 e. The summed E-state index contributed by atoms with van der Waals surface area (Å²) >= 11 is 3.44. The first kappa shape index (κ1) is 19.7. The summed E-state index contributed by atoms with van der Waals surface area (Å²) in [7, 11) is 0. The second-order valence-electron chi connectivity index (χ2n) is 6.33. The Hall–Kier alpha value is -1.36. The summed E-state index contributed by atoms with van der Waals surface area (Å²) in [6.07, 6.45) is 0.742. The lowest BCUT2D eigenvalue weighted by Crippen LogP contribution is -2.18. The van der Waals surface area contributed by atoms with Crippen LogP contribution < -0.4 is 0 Å². The minimum Gasteiger partial charge on any atom is -0.462 e. The molecule has 128 valence electrons. The lowest BCUT2D eigenvalue weighted by Gasteiger charge is -2.14. The van der Waals surface area contributed by atoms with Gasteiger partial charge in [-0.3, -0.25) is 0 Å². The standard InChI is InChI=1S/C18H25BrO4/c1-6-13-7-14(17(20)22-9-11(2)3)15(8-16(13)19)18(21)23-10-12(4)5/h7-8,11-12H,6,9-10H2,1-5H3. The van der Waals surface area contributed by atoms with E-state index in [0.29, 0.717) is 13.2 Å². The van der Waals surface area contributed by atoms with E-state index in [2.05, 4.69) is 15.9 Å². The van der Waals surface area contributed by atoms with Gasteiger partial charge < -0.3 is 9.47 Å². The molecule has 0 spiro atoms. The second-order valence-corrected chi connectivity index (χ2v) is 7.18. The number of carbonyl (C=O) groups excluding carboxylic acids is 2. The highest BCUT2D eigenvalue weighted by atomic mass is 79.9. The Bertz CT molecular complexity index is 564. The molecule has 5 heteroatoms. The highest BCUT2D eigenvalue weighted by Gasteiger charge is 2.22. The molecule has 0 aromatic heterocycles. The third kappa shape index (κ3) is 5.98. The molecule has 4 nitrogen and oxygen atoms in total. The van der Waals surface area contributed by atoms with Gasteiger partial charge in [0.15, 0.2) is 0 Å². The predicted octanol–water partition coefficient (Wildman–Crippen LogP) is 4.64. The lowest BCUT2D eigenvalue weighted by molar-refractivity contribution is 0.0412. The van der Waals surface area contributed by atoms with Crippen LogP contribution in [0.5, 0.6) is 0 Å². The predicted molar refractivity (Wildman–Crippen MR) is 93.8 cm³/mol. The summed E-state index contributed by atoms with van der Waals surface area (Å²) in [5.41, 5.74) is 1.45. The van der Waals surface area contributed by atoms with Crippen molar-refractivity contribution in [2.24, 2.45) is 11.8 Å². The van der Waals surface area contributed by atoms with Gasteiger partial charge in [-0.2, -0.15) is 0 Å². The van der Waals surface area contributed by atoms with Gasteiger partial charge in [0.2, 0.25) is 0 Å². The first-order valence-corrected chi connectivity index (χ1v) is 8.72. The van der Waals surface area contributed by atoms with Gasteiger partial charge in [-0.05, 0) is 36.0 Å². The summed E-state index contributed by atoms with van der Waals surface area (Å²) in [5.74, 6) is -0.527. The topological polar surface area (TPSA) is 52.6 Å². The van der Waals surface area contributed by atoms with Gasteiger partial charge in [0.25, 0.3) is 0 Å². The fraction of sp³-hybridized carbons (Fsp3) is 0.556. The van der Waals surface area contributed by atoms with Gasteiger partial charge in [0.05, 0.1) is 24.3 Å². The van der Waals surface area contributed by atoms with Crippen LogP contribution in [0, 0.1) is 11.8 Å². The van der Waals surface area contributed by atoms with Crippen LogP contribution in [0.1, 0.15) is 60.9 Å². The number of hydrogen-bond acceptors (Lipinski definition) is 4. The maximum absolute atomic E-state index is 12.3. The molecule has 0 aliphatic heterocycles. The van der Waals surface area contributed by atoms with Crippen molar-refractivity contribution in [3.05, 3.63) is 33.3 Å². The van der Waals surface area contributed by atoms with Crippen molar-refractivity contribution >= 4 is 27.9 Å². The molecule has 1 aromatic carbocycles. The van der Waals surface area contributed by atoms with Gasteiger partial charge in [0.1, 0.15) is 0 Å². The lowest BCUT2D eigenvalue weighted by atomic mass is 10.0. The van der Waals surface area contributed by atoms with Crippen molar-refractivity contribution in [3.8, 4) is 0 Å². The van der Waals surface area contributed by atoms with Gasteiger partial charge in [-0.15, -0.1) is 0 Å². The normalized spacial score (nSPS) is 11.0. The second kappa shape index (κ2) is 9.06. The van der Waals surface area contributed by atoms with Gasteiger partial charge in [-0.25, -0.2) is 9.59 Å². The molecule has 0 atom stereocenters. The third-order valence-electron chi connectivity index (χ3n) is 3.10. The molecule has 0 aliphatic rings. The van der Waals surface area contributed by atoms with Crippen LogP contribution >= 0.6 is 15.9 Å². The van der Waals surface area contributed by atoms with Gasteiger partial charge in [0, 0.05) is 4.47 Å². The fourth-order valence-corrected chi connectivity index (χ4v) is 2.49. The number of rotatable bonds is 7. The molecule has 0 aliphatic carbocycles. The van der Waals surface area contributed by atoms with Crippen LogP contribution in [0.4, 0.5) is 0 Å². The molecule has 0 fully saturated rings. The van der Waals surface area contributed by atoms with E-state index >= 15 is 0 Å². The molecule has 1 rings (SSSR count). The minimum atomic E-state index is -0.501. The summed E-state index contributed by atoms with van der Waals surface area (Å²) in [5, 5.41) is 0. The Morgan fingerprint density at radius 3 is 1.78 bits per heavy atom. The number of esters is 2. The molecule has 0 radical (unpaired) electrons. The fourth-order valence-electron chi connectivity index (χ4n) is 1.87. The Kier molecular flexibility index (Phi) is 7.76. The van der Waals surface area contributed by atoms with E-state index in [1.807, 2.05) is 34.6 Å². The molecule has 1 aromatic rings. The van der Waals surface area contributed by atoms with E-state index < -0.39 is 11.9 Å². The first-order chi connectivity index (χ1) is 10.8. The maximum atomic E-state index is 12.3. The van der Waals surface area contributed by atoms with Crippen LogP contribution in [-0.4, -0.2) is 25.2 Å². The number of aryl methyl sites for hydroxylation is 1. The van der Waals surface area contributed by atoms with E-state index in [4.69, 9.17) is 9.47 Å². The number of ether oxygens (including phenoxy) is 2. The SMILES string of the molecule is CCc1cc(C(=O)OCC(C)C)c(C(=O)OCC(C)C)cc1Br. The van der Waals surface area contributed by atoms with E-state index in [1.165, 1.54) is 0 Å². The van der Waals surface area contributed by atoms with Crippen molar-refractivity contribution in [1.82, 2.24) is 0 Å². The zero-order valence-electron chi connectivity index (χ0n) is 14.4. The Morgan fingerprint density at radius 2 is 1.39 bits per heavy atom. The van der Waals surface area contributed by atoms with E-state index in [0.717, 1.165) is 16.5 Å². The quantitative estimate of drug-likeness (QED) is 0.642. The van der Waals surface area contributed by atoms with E-state index in [-0.39, 0.29) is 23.0 Å². The van der Waals surface area contributed by atoms with Crippen molar-refractivity contribution in [2.45, 2.75) is 41.0 Å². The van der Waals surface area contributed by atoms with Gasteiger partial charge >= 0.3 is 11.9 Å². The minimum absolute atomic E-state index is 0.230. The summed E-state index contributed by atoms with van der Waals surface area (Å²) < 4.78 is 11.3. The third-order valence-corrected chi connectivity index (χ3v) is 3.84. The molecule has 0 heterocycles. The van der Waals surface area contributed by atoms with Gasteiger partial charge in [-0.1, -0.05) is 50.5 Å². The highest BCUT2D eigenvalue weighted by molar-refractivity contribution is 9.10. The largest absolute Gasteiger partial charge is 0.462 e. The monoisotopic (exact) mass is 384 g/mol. The summed E-state index contributed by atoms with van der Waals surface area (Å²) in [6.45, 7) is 10.5. The van der Waals surface area contributed by atoms with Crippen LogP contribution in [0.25, 0.3) is 0 Å². The first-order valence-electron chi connectivity index (χ1n) is 7.92. The van der Waals surface area contributed by atoms with Crippen LogP contribution in [0.2, 0.25) is 0 Å². The van der Waals surface area contributed by atoms with Crippen LogP contribution in [0.3, 0.4) is 0 Å². The zero-order chi connectivity index (χ0) is 17.6. The van der Waals surface area contributed by atoms with Crippen molar-refractivity contribution in [3.63, 3.8) is 0 Å². The Balaban J connectivity index is 3.13. The number of benzene rings is 1. The Morgan fingerprint density at radius 1 is 0.957 bits per heavy atom. The van der Waals surface area contributed by atoms with Crippen molar-refractivity contribution in [1.29, 1.82) is 0 Å².